The molecular formula is C11H15IN4O. The van der Waals surface area contributed by atoms with Gasteiger partial charge in [-0.2, -0.15) is 0 Å². The molecule has 17 heavy (non-hydrogen) atoms. The molecule has 0 aliphatic carbocycles. The highest BCUT2D eigenvalue weighted by molar-refractivity contribution is 14.1. The molecule has 1 saturated heterocycles. The summed E-state index contributed by atoms with van der Waals surface area (Å²) in [6.07, 6.45) is 3.53. The number of nitrogens with zero attached hydrogens (tertiary/aromatic N) is 3. The van der Waals surface area contributed by atoms with Crippen molar-refractivity contribution in [1.29, 1.82) is 0 Å². The van der Waals surface area contributed by atoms with E-state index in [2.05, 4.69) is 37.9 Å². The minimum absolute atomic E-state index is 0.0512. The number of hydrogen-bond donors (Lipinski definition) is 1. The molecule has 0 bridgehead atoms. The zero-order chi connectivity index (χ0) is 12.6. The fourth-order valence-corrected chi connectivity index (χ4v) is 2.48. The van der Waals surface area contributed by atoms with Gasteiger partial charge in [0.05, 0.1) is 5.54 Å². The first-order valence-corrected chi connectivity index (χ1v) is 6.60. The summed E-state index contributed by atoms with van der Waals surface area (Å²) in [5.41, 5.74) is -0.307. The number of carbonyl (C=O) groups excluding carboxylic acids is 1. The molecule has 1 aliphatic rings. The second-order valence-corrected chi connectivity index (χ2v) is 5.79. The molecule has 0 radical (unpaired) electrons. The lowest BCUT2D eigenvalue weighted by atomic mass is 9.94. The van der Waals surface area contributed by atoms with E-state index in [0.29, 0.717) is 12.4 Å². The molecule has 5 nitrogen and oxygen atoms in total. The summed E-state index contributed by atoms with van der Waals surface area (Å²) in [7, 11) is 0. The topological polar surface area (TPSA) is 58.1 Å². The van der Waals surface area contributed by atoms with Crippen molar-refractivity contribution in [3.63, 3.8) is 0 Å². The van der Waals surface area contributed by atoms with Crippen molar-refractivity contribution in [2.24, 2.45) is 0 Å². The van der Waals surface area contributed by atoms with Crippen molar-refractivity contribution in [3.8, 4) is 0 Å². The van der Waals surface area contributed by atoms with E-state index in [9.17, 15) is 4.79 Å². The summed E-state index contributed by atoms with van der Waals surface area (Å²) in [5.74, 6) is 0.666. The quantitative estimate of drug-likeness (QED) is 0.833. The Labute approximate surface area is 114 Å². The van der Waals surface area contributed by atoms with Gasteiger partial charge in [-0.1, -0.05) is 0 Å². The van der Waals surface area contributed by atoms with Gasteiger partial charge in [-0.25, -0.2) is 14.8 Å². The van der Waals surface area contributed by atoms with Gasteiger partial charge in [0.2, 0.25) is 0 Å². The van der Waals surface area contributed by atoms with E-state index in [1.165, 1.54) is 0 Å². The first-order chi connectivity index (χ1) is 7.96. The Hall–Kier alpha value is -0.920. The fraction of sp³-hybridized carbons (Fsp3) is 0.545. The SMILES string of the molecule is CCN1C(=O)NC(c2ncc(I)cn2)C1(C)C. The van der Waals surface area contributed by atoms with Crippen LogP contribution >= 0.6 is 22.6 Å². The third-order valence-electron chi connectivity index (χ3n) is 3.13. The van der Waals surface area contributed by atoms with Crippen LogP contribution < -0.4 is 5.32 Å². The first kappa shape index (κ1) is 12.5. The monoisotopic (exact) mass is 346 g/mol. The number of rotatable bonds is 2. The Morgan fingerprint density at radius 1 is 1.47 bits per heavy atom. The van der Waals surface area contributed by atoms with Crippen LogP contribution in [0.25, 0.3) is 0 Å². The van der Waals surface area contributed by atoms with Crippen LogP contribution in [0.1, 0.15) is 32.6 Å². The van der Waals surface area contributed by atoms with Gasteiger partial charge < -0.3 is 10.2 Å². The zero-order valence-corrected chi connectivity index (χ0v) is 12.2. The third-order valence-corrected chi connectivity index (χ3v) is 3.69. The minimum Gasteiger partial charge on any atom is -0.326 e. The van der Waals surface area contributed by atoms with E-state index >= 15 is 0 Å². The lowest BCUT2D eigenvalue weighted by molar-refractivity contribution is 0.168. The molecule has 1 aliphatic heterocycles. The minimum atomic E-state index is -0.307. The van der Waals surface area contributed by atoms with Gasteiger partial charge in [-0.15, -0.1) is 0 Å². The number of carbonyl (C=O) groups is 1. The molecule has 0 aromatic carbocycles. The second-order valence-electron chi connectivity index (χ2n) is 4.54. The molecule has 0 saturated carbocycles. The van der Waals surface area contributed by atoms with Gasteiger partial charge in [-0.3, -0.25) is 0 Å². The molecule has 1 N–H and O–H groups in total. The van der Waals surface area contributed by atoms with Gasteiger partial charge in [-0.05, 0) is 43.4 Å². The largest absolute Gasteiger partial charge is 0.326 e. The predicted molar refractivity (Wildman–Crippen MR) is 72.5 cm³/mol. The second kappa shape index (κ2) is 4.40. The Bertz CT molecular complexity index is 432. The summed E-state index contributed by atoms with van der Waals surface area (Å²) in [5, 5.41) is 2.94. The normalized spacial score (nSPS) is 22.7. The highest BCUT2D eigenvalue weighted by Crippen LogP contribution is 2.34. The zero-order valence-electron chi connectivity index (χ0n) is 10.1. The Balaban J connectivity index is 2.34. The maximum absolute atomic E-state index is 11.8. The molecule has 92 valence electrons. The van der Waals surface area contributed by atoms with Gasteiger partial charge in [0, 0.05) is 22.5 Å². The van der Waals surface area contributed by atoms with Crippen LogP contribution in [-0.4, -0.2) is 33.0 Å². The van der Waals surface area contributed by atoms with Crippen LogP contribution in [0, 0.1) is 3.57 Å². The average Bonchev–Trinajstić information content (AvgIpc) is 2.50. The summed E-state index contributed by atoms with van der Waals surface area (Å²) in [6.45, 7) is 6.71. The molecule has 1 unspecified atom stereocenters. The van der Waals surface area contributed by atoms with Crippen LogP contribution in [-0.2, 0) is 0 Å². The van der Waals surface area contributed by atoms with Gasteiger partial charge >= 0.3 is 6.03 Å². The Morgan fingerprint density at radius 2 is 2.06 bits per heavy atom. The molecular weight excluding hydrogens is 331 g/mol. The summed E-state index contributed by atoms with van der Waals surface area (Å²) >= 11 is 2.16. The van der Waals surface area contributed by atoms with Gasteiger partial charge in [0.25, 0.3) is 0 Å². The third kappa shape index (κ3) is 2.10. The predicted octanol–water partition coefficient (Wildman–Crippen LogP) is 1.95. The number of hydrogen-bond acceptors (Lipinski definition) is 3. The summed E-state index contributed by atoms with van der Waals surface area (Å²) in [6, 6.07) is -0.211. The molecule has 1 atom stereocenters. The van der Waals surface area contributed by atoms with Gasteiger partial charge in [0.1, 0.15) is 6.04 Å². The van der Waals surface area contributed by atoms with Crippen molar-refractivity contribution in [3.05, 3.63) is 21.8 Å². The van der Waals surface area contributed by atoms with Crippen molar-refractivity contribution in [2.75, 3.05) is 6.54 Å². The molecule has 0 spiro atoms. The Kier molecular flexibility index (Phi) is 3.24. The van der Waals surface area contributed by atoms with E-state index in [-0.39, 0.29) is 17.6 Å². The highest BCUT2D eigenvalue weighted by atomic mass is 127. The number of urea groups is 1. The van der Waals surface area contributed by atoms with Crippen molar-refractivity contribution in [2.45, 2.75) is 32.4 Å². The fourth-order valence-electron chi connectivity index (χ4n) is 2.20. The van der Waals surface area contributed by atoms with Crippen molar-refractivity contribution in [1.82, 2.24) is 20.2 Å². The molecule has 6 heteroatoms. The van der Waals surface area contributed by atoms with Crippen LogP contribution in [0.2, 0.25) is 0 Å². The lowest BCUT2D eigenvalue weighted by Crippen LogP contribution is -2.43. The highest BCUT2D eigenvalue weighted by Gasteiger charge is 2.47. The van der Waals surface area contributed by atoms with Gasteiger partial charge in [0.15, 0.2) is 5.82 Å². The van der Waals surface area contributed by atoms with E-state index in [4.69, 9.17) is 0 Å². The average molecular weight is 346 g/mol. The molecule has 1 fully saturated rings. The van der Waals surface area contributed by atoms with E-state index in [1.54, 1.807) is 17.3 Å². The van der Waals surface area contributed by atoms with Crippen molar-refractivity contribution >= 4 is 28.6 Å². The maximum Gasteiger partial charge on any atom is 0.318 e. The maximum atomic E-state index is 11.8. The van der Waals surface area contributed by atoms with E-state index < -0.39 is 0 Å². The lowest BCUT2D eigenvalue weighted by Gasteiger charge is -2.32. The number of likely N-dealkylation sites (N-methyl/N-ethyl adjacent to an activating group) is 1. The van der Waals surface area contributed by atoms with E-state index in [1.807, 2.05) is 20.8 Å². The molecule has 2 heterocycles. The smallest absolute Gasteiger partial charge is 0.318 e. The number of aromatic nitrogens is 2. The van der Waals surface area contributed by atoms with Crippen LogP contribution in [0.4, 0.5) is 4.79 Å². The number of halogens is 1. The van der Waals surface area contributed by atoms with Crippen LogP contribution in [0.5, 0.6) is 0 Å². The van der Waals surface area contributed by atoms with Crippen molar-refractivity contribution < 1.29 is 4.79 Å². The van der Waals surface area contributed by atoms with Crippen LogP contribution in [0.15, 0.2) is 12.4 Å². The summed E-state index contributed by atoms with van der Waals surface area (Å²) < 4.78 is 0.987. The standard InChI is InChI=1S/C11H15IN4O/c1-4-16-10(17)15-8(11(16,2)3)9-13-5-7(12)6-14-9/h5-6,8H,4H2,1-3H3,(H,15,17). The molecule has 1 aromatic heterocycles. The molecule has 2 amide bonds. The first-order valence-electron chi connectivity index (χ1n) is 5.52. The van der Waals surface area contributed by atoms with Crippen LogP contribution in [0.3, 0.4) is 0 Å². The Morgan fingerprint density at radius 3 is 2.53 bits per heavy atom. The number of amides is 2. The summed E-state index contributed by atoms with van der Waals surface area (Å²) in [4.78, 5) is 22.2. The van der Waals surface area contributed by atoms with E-state index in [0.717, 1.165) is 3.57 Å². The molecule has 2 rings (SSSR count). The molecule has 1 aromatic rings. The number of nitrogens with one attached hydrogen (secondary N) is 1.